The molecule has 0 saturated carbocycles. The number of aliphatic imine (C=N–C) groups is 1. The number of hydrogen-bond acceptors (Lipinski definition) is 6. The molecule has 0 spiro atoms. The molecule has 174 valence electrons. The first-order valence-corrected chi connectivity index (χ1v) is 10.8. The Hall–Kier alpha value is -2.84. The van der Waals surface area contributed by atoms with Crippen LogP contribution in [0.4, 0.5) is 0 Å². The Labute approximate surface area is 189 Å². The zero-order chi connectivity index (χ0) is 23.7. The van der Waals surface area contributed by atoms with Gasteiger partial charge in [0.05, 0.1) is 0 Å². The van der Waals surface area contributed by atoms with E-state index < -0.39 is 23.7 Å². The van der Waals surface area contributed by atoms with E-state index in [0.717, 1.165) is 36.1 Å². The van der Waals surface area contributed by atoms with Gasteiger partial charge in [0.15, 0.2) is 0 Å². The second-order valence-corrected chi connectivity index (χ2v) is 7.54. The molecule has 2 amide bonds. The first-order valence-electron chi connectivity index (χ1n) is 10.8. The van der Waals surface area contributed by atoms with Gasteiger partial charge in [0.1, 0.15) is 17.5 Å². The van der Waals surface area contributed by atoms with E-state index in [1.807, 2.05) is 37.3 Å². The van der Waals surface area contributed by atoms with Crippen LogP contribution in [0, 0.1) is 0 Å². The van der Waals surface area contributed by atoms with Gasteiger partial charge in [-0.15, -0.1) is 0 Å². The third kappa shape index (κ3) is 5.49. The number of hydrogen-bond donors (Lipinski definition) is 0. The van der Waals surface area contributed by atoms with Crippen LogP contribution in [0.1, 0.15) is 51.5 Å². The van der Waals surface area contributed by atoms with Gasteiger partial charge in [-0.25, -0.2) is 9.69 Å². The Morgan fingerprint density at radius 1 is 1.12 bits per heavy atom. The number of carbonyl (C=O) groups excluding carboxylic acids is 3. The van der Waals surface area contributed by atoms with Crippen LogP contribution in [0.3, 0.4) is 0 Å². The highest BCUT2D eigenvalue weighted by molar-refractivity contribution is 6.44. The molecule has 0 aliphatic carbocycles. The lowest BCUT2D eigenvalue weighted by atomic mass is 10.1. The zero-order valence-corrected chi connectivity index (χ0v) is 19.3. The maximum Gasteiger partial charge on any atom is 0.341 e. The summed E-state index contributed by atoms with van der Waals surface area (Å²) in [5.41, 5.74) is 0.565. The van der Waals surface area contributed by atoms with E-state index in [1.165, 1.54) is 14.2 Å². The Morgan fingerprint density at radius 3 is 2.34 bits per heavy atom. The molecule has 0 fully saturated rings. The van der Waals surface area contributed by atoms with Crippen molar-refractivity contribution in [3.63, 3.8) is 0 Å². The molecule has 0 bridgehead atoms. The van der Waals surface area contributed by atoms with Crippen molar-refractivity contribution >= 4 is 23.6 Å². The van der Waals surface area contributed by atoms with E-state index in [1.54, 1.807) is 0 Å². The van der Waals surface area contributed by atoms with Gasteiger partial charge in [-0.2, -0.15) is 4.99 Å². The lowest BCUT2D eigenvalue weighted by molar-refractivity contribution is -0.244. The van der Waals surface area contributed by atoms with Crippen LogP contribution in [0.2, 0.25) is 0 Å². The summed E-state index contributed by atoms with van der Waals surface area (Å²) in [6, 6.07) is 9.18. The molecule has 1 heterocycles. The summed E-state index contributed by atoms with van der Waals surface area (Å²) in [4.78, 5) is 42.8. The highest BCUT2D eigenvalue weighted by atomic mass is 16.7. The fraction of sp³-hybridized carbons (Fsp3) is 0.500. The van der Waals surface area contributed by atoms with Crippen molar-refractivity contribution in [3.05, 3.63) is 48.0 Å². The Morgan fingerprint density at radius 2 is 1.78 bits per heavy atom. The number of methoxy groups -OCH3 is 2. The zero-order valence-electron chi connectivity index (χ0n) is 19.3. The third-order valence-electron chi connectivity index (χ3n) is 5.41. The van der Waals surface area contributed by atoms with Gasteiger partial charge in [0.25, 0.3) is 5.91 Å². The second-order valence-electron chi connectivity index (χ2n) is 7.54. The fourth-order valence-electron chi connectivity index (χ4n) is 3.60. The van der Waals surface area contributed by atoms with Gasteiger partial charge in [-0.1, -0.05) is 63.6 Å². The highest BCUT2D eigenvalue weighted by Gasteiger charge is 2.53. The second kappa shape index (κ2) is 11.7. The molecule has 0 N–H and O–H groups in total. The number of unbranched alkanes of at least 4 members (excludes halogenated alkanes) is 2. The molecule has 0 aromatic heterocycles. The molecular formula is C24H32N2O6. The number of amides is 2. The van der Waals surface area contributed by atoms with Crippen molar-refractivity contribution in [3.8, 4) is 0 Å². The minimum atomic E-state index is -2.06. The predicted octanol–water partition coefficient (Wildman–Crippen LogP) is 3.40. The number of nitrogens with zero attached hydrogens (tertiary/aromatic N) is 2. The van der Waals surface area contributed by atoms with Crippen molar-refractivity contribution < 1.29 is 28.6 Å². The topological polar surface area (TPSA) is 94.5 Å². The van der Waals surface area contributed by atoms with Crippen LogP contribution in [0.5, 0.6) is 0 Å². The molecule has 2 rings (SSSR count). The monoisotopic (exact) mass is 444 g/mol. The molecule has 0 radical (unpaired) electrons. The van der Waals surface area contributed by atoms with Crippen LogP contribution in [-0.4, -0.2) is 54.8 Å². The molecular weight excluding hydrogens is 412 g/mol. The maximum absolute atomic E-state index is 13.0. The molecule has 0 saturated heterocycles. The molecule has 8 nitrogen and oxygen atoms in total. The molecule has 32 heavy (non-hydrogen) atoms. The largest absolute Gasteiger partial charge is 0.459 e. The van der Waals surface area contributed by atoms with Crippen molar-refractivity contribution in [1.29, 1.82) is 0 Å². The van der Waals surface area contributed by atoms with E-state index in [4.69, 9.17) is 14.2 Å². The van der Waals surface area contributed by atoms with Crippen LogP contribution in [-0.2, 0) is 35.0 Å². The molecule has 1 aliphatic heterocycles. The third-order valence-corrected chi connectivity index (χ3v) is 5.41. The van der Waals surface area contributed by atoms with E-state index in [0.29, 0.717) is 6.42 Å². The van der Waals surface area contributed by atoms with Crippen LogP contribution >= 0.6 is 0 Å². The summed E-state index contributed by atoms with van der Waals surface area (Å²) in [7, 11) is 2.52. The summed E-state index contributed by atoms with van der Waals surface area (Å²) in [6.45, 7) is 7.84. The van der Waals surface area contributed by atoms with Gasteiger partial charge in [-0.3, -0.25) is 9.59 Å². The van der Waals surface area contributed by atoms with Crippen molar-refractivity contribution in [1.82, 2.24) is 4.90 Å². The molecule has 1 aliphatic rings. The standard InChI is InChI=1S/C24H32N2O6/c1-6-8-10-15-19(7-2)32-23(29)17(3)24(30-4,31-5)26-20(25-21(27)22(26)28)16-18-13-11-9-12-14-18/h9,11-14,19H,3,6-8,10,15-16H2,1-2,4-5H3. The number of carbonyl (C=O) groups is 3. The van der Waals surface area contributed by atoms with E-state index in [2.05, 4.69) is 18.5 Å². The number of ether oxygens (including phenoxy) is 3. The van der Waals surface area contributed by atoms with E-state index in [9.17, 15) is 14.4 Å². The average molecular weight is 445 g/mol. The number of esters is 1. The molecule has 1 atom stereocenters. The quantitative estimate of drug-likeness (QED) is 0.152. The van der Waals surface area contributed by atoms with Crippen LogP contribution < -0.4 is 0 Å². The maximum atomic E-state index is 13.0. The van der Waals surface area contributed by atoms with Gasteiger partial charge in [-0.05, 0) is 24.8 Å². The summed E-state index contributed by atoms with van der Waals surface area (Å²) in [6.07, 6.45) is 4.24. The normalized spacial score (nSPS) is 15.0. The molecule has 1 unspecified atom stereocenters. The first-order chi connectivity index (χ1) is 15.3. The summed E-state index contributed by atoms with van der Waals surface area (Å²) < 4.78 is 16.6. The summed E-state index contributed by atoms with van der Waals surface area (Å²) in [5.74, 6) is -4.66. The summed E-state index contributed by atoms with van der Waals surface area (Å²) in [5, 5.41) is 0. The lowest BCUT2D eigenvalue weighted by Crippen LogP contribution is -2.59. The predicted molar refractivity (Wildman–Crippen MR) is 120 cm³/mol. The van der Waals surface area contributed by atoms with Crippen molar-refractivity contribution in [2.24, 2.45) is 4.99 Å². The smallest absolute Gasteiger partial charge is 0.341 e. The van der Waals surface area contributed by atoms with Crippen molar-refractivity contribution in [2.75, 3.05) is 14.2 Å². The molecule has 8 heteroatoms. The Bertz CT molecular complexity index is 861. The Balaban J connectivity index is 2.30. The highest BCUT2D eigenvalue weighted by Crippen LogP contribution is 2.31. The van der Waals surface area contributed by atoms with Crippen LogP contribution in [0.15, 0.2) is 47.5 Å². The SMILES string of the molecule is C=C(C(=O)OC(CC)CCCCC)C(OC)(OC)N1C(=O)C(=O)N=C1Cc1ccccc1. The van der Waals surface area contributed by atoms with Gasteiger partial charge in [0.2, 0.25) is 0 Å². The lowest BCUT2D eigenvalue weighted by Gasteiger charge is -2.39. The fourth-order valence-corrected chi connectivity index (χ4v) is 3.60. The number of benzene rings is 1. The van der Waals surface area contributed by atoms with E-state index >= 15 is 0 Å². The minimum Gasteiger partial charge on any atom is -0.459 e. The summed E-state index contributed by atoms with van der Waals surface area (Å²) >= 11 is 0. The minimum absolute atomic E-state index is 0.0961. The first kappa shape index (κ1) is 25.4. The van der Waals surface area contributed by atoms with Crippen molar-refractivity contribution in [2.45, 2.75) is 64.4 Å². The average Bonchev–Trinajstić information content (AvgIpc) is 3.08. The van der Waals surface area contributed by atoms with Gasteiger partial charge < -0.3 is 14.2 Å². The van der Waals surface area contributed by atoms with Gasteiger partial charge >= 0.3 is 17.8 Å². The van der Waals surface area contributed by atoms with E-state index in [-0.39, 0.29) is 23.9 Å². The van der Waals surface area contributed by atoms with Gasteiger partial charge in [0, 0.05) is 20.6 Å². The Kier molecular flexibility index (Phi) is 9.28. The molecule has 1 aromatic rings. The molecule has 1 aromatic carbocycles. The number of amidine groups is 1. The number of rotatable bonds is 13. The van der Waals surface area contributed by atoms with Crippen LogP contribution in [0.25, 0.3) is 0 Å².